The van der Waals surface area contributed by atoms with E-state index in [2.05, 4.69) is 20.4 Å². The van der Waals surface area contributed by atoms with Gasteiger partial charge in [-0.05, 0) is 19.4 Å². The third-order valence-corrected chi connectivity index (χ3v) is 4.74. The summed E-state index contributed by atoms with van der Waals surface area (Å²) in [7, 11) is 0. The van der Waals surface area contributed by atoms with Crippen molar-refractivity contribution in [3.05, 3.63) is 72.1 Å². The fourth-order valence-electron chi connectivity index (χ4n) is 3.13. The van der Waals surface area contributed by atoms with Crippen molar-refractivity contribution in [1.29, 1.82) is 0 Å². The first-order valence-corrected chi connectivity index (χ1v) is 9.60. The number of nitrogens with one attached hydrogen (secondary N) is 1. The molecule has 0 bridgehead atoms. The number of carbonyl (C=O) groups is 1. The number of rotatable bonds is 6. The molecule has 0 atom stereocenters. The van der Waals surface area contributed by atoms with Crippen molar-refractivity contribution in [1.82, 2.24) is 29.5 Å². The molecule has 0 saturated heterocycles. The van der Waals surface area contributed by atoms with Gasteiger partial charge in [0.15, 0.2) is 17.0 Å². The number of hydrogen-bond donors (Lipinski definition) is 1. The van der Waals surface area contributed by atoms with Crippen LogP contribution in [-0.2, 0) is 12.7 Å². The van der Waals surface area contributed by atoms with Crippen LogP contribution in [0.2, 0.25) is 0 Å². The van der Waals surface area contributed by atoms with Gasteiger partial charge in [0.1, 0.15) is 0 Å². The molecule has 0 aliphatic carbocycles. The molecule has 1 N–H and O–H groups in total. The monoisotopic (exact) mass is 428 g/mol. The molecule has 10 heteroatoms. The minimum Gasteiger partial charge on any atom is -0.351 e. The molecule has 31 heavy (non-hydrogen) atoms. The van der Waals surface area contributed by atoms with E-state index in [9.17, 15) is 18.0 Å². The summed E-state index contributed by atoms with van der Waals surface area (Å²) >= 11 is 0. The highest BCUT2D eigenvalue weighted by Gasteiger charge is 2.35. The summed E-state index contributed by atoms with van der Waals surface area (Å²) in [6, 6.07) is 9.22. The van der Waals surface area contributed by atoms with E-state index in [0.717, 1.165) is 11.6 Å². The van der Waals surface area contributed by atoms with Crippen molar-refractivity contribution in [3.8, 4) is 11.3 Å². The Morgan fingerprint density at radius 2 is 1.94 bits per heavy atom. The molecule has 0 saturated carbocycles. The van der Waals surface area contributed by atoms with Crippen LogP contribution in [0.4, 0.5) is 13.2 Å². The second-order valence-electron chi connectivity index (χ2n) is 7.10. The molecule has 4 aromatic rings. The Balaban J connectivity index is 1.59. The third kappa shape index (κ3) is 4.57. The average Bonchev–Trinajstić information content (AvgIpc) is 3.39. The van der Waals surface area contributed by atoms with Gasteiger partial charge in [-0.3, -0.25) is 4.79 Å². The molecule has 3 aromatic heterocycles. The molecule has 160 valence electrons. The topological polar surface area (TPSA) is 77.1 Å². The maximum absolute atomic E-state index is 13.7. The minimum absolute atomic E-state index is 0.0473. The van der Waals surface area contributed by atoms with Gasteiger partial charge < -0.3 is 9.88 Å². The molecular weight excluding hydrogens is 409 g/mol. The summed E-state index contributed by atoms with van der Waals surface area (Å²) in [5.41, 5.74) is 0.525. The van der Waals surface area contributed by atoms with Crippen molar-refractivity contribution < 1.29 is 18.0 Å². The Morgan fingerprint density at radius 1 is 1.16 bits per heavy atom. The molecule has 0 aliphatic rings. The number of aromatic nitrogens is 5. The highest BCUT2D eigenvalue weighted by Crippen LogP contribution is 2.32. The van der Waals surface area contributed by atoms with Gasteiger partial charge >= 0.3 is 6.18 Å². The zero-order valence-electron chi connectivity index (χ0n) is 16.6. The predicted molar refractivity (Wildman–Crippen MR) is 107 cm³/mol. The highest BCUT2D eigenvalue weighted by atomic mass is 19.4. The van der Waals surface area contributed by atoms with Crippen molar-refractivity contribution >= 4 is 11.6 Å². The predicted octanol–water partition coefficient (Wildman–Crippen LogP) is 3.74. The molecule has 1 aromatic carbocycles. The average molecular weight is 428 g/mol. The van der Waals surface area contributed by atoms with Crippen LogP contribution in [-0.4, -0.2) is 36.6 Å². The lowest BCUT2D eigenvalue weighted by atomic mass is 10.1. The molecule has 7 nitrogen and oxygen atoms in total. The fourth-order valence-corrected chi connectivity index (χ4v) is 3.13. The molecule has 0 spiro atoms. The standard InChI is InChI=1S/C21H19F3N6O/c1-14-3-5-15(6-4-14)16-11-18(21(22,23)24)30-19(27-16)12-17(28-30)20(31)26-7-2-9-29-10-8-25-13-29/h3-6,8,10-13H,2,7,9H2,1H3,(H,26,31). The van der Waals surface area contributed by atoms with Gasteiger partial charge in [-0.25, -0.2) is 14.5 Å². The first-order valence-electron chi connectivity index (χ1n) is 9.60. The van der Waals surface area contributed by atoms with E-state index in [1.54, 1.807) is 43.0 Å². The lowest BCUT2D eigenvalue weighted by Crippen LogP contribution is -2.25. The van der Waals surface area contributed by atoms with Gasteiger partial charge in [-0.2, -0.15) is 18.3 Å². The van der Waals surface area contributed by atoms with Gasteiger partial charge in [0, 0.05) is 37.1 Å². The van der Waals surface area contributed by atoms with E-state index in [4.69, 9.17) is 0 Å². The number of fused-ring (bicyclic) bond motifs is 1. The number of aryl methyl sites for hydroxylation is 2. The fraction of sp³-hybridized carbons (Fsp3) is 0.238. The van der Waals surface area contributed by atoms with Gasteiger partial charge in [-0.1, -0.05) is 29.8 Å². The van der Waals surface area contributed by atoms with Crippen LogP contribution < -0.4 is 5.32 Å². The zero-order chi connectivity index (χ0) is 22.0. The molecule has 4 rings (SSSR count). The molecule has 0 fully saturated rings. The van der Waals surface area contributed by atoms with Crippen molar-refractivity contribution in [3.63, 3.8) is 0 Å². The number of imidazole rings is 1. The van der Waals surface area contributed by atoms with Crippen LogP contribution in [0.3, 0.4) is 0 Å². The number of benzene rings is 1. The number of hydrogen-bond acceptors (Lipinski definition) is 4. The molecule has 0 aliphatic heterocycles. The van der Waals surface area contributed by atoms with Gasteiger partial charge in [0.2, 0.25) is 0 Å². The lowest BCUT2D eigenvalue weighted by Gasteiger charge is -2.11. The first kappa shape index (κ1) is 20.6. The van der Waals surface area contributed by atoms with Crippen LogP contribution in [0.15, 0.2) is 55.1 Å². The van der Waals surface area contributed by atoms with Crippen LogP contribution >= 0.6 is 0 Å². The minimum atomic E-state index is -4.66. The Hall–Kier alpha value is -3.69. The second-order valence-corrected chi connectivity index (χ2v) is 7.10. The Morgan fingerprint density at radius 3 is 2.61 bits per heavy atom. The van der Waals surface area contributed by atoms with Crippen LogP contribution in [0, 0.1) is 6.92 Å². The van der Waals surface area contributed by atoms with E-state index in [1.807, 2.05) is 11.5 Å². The molecule has 0 unspecified atom stereocenters. The molecule has 1 amide bonds. The van der Waals surface area contributed by atoms with E-state index in [0.29, 0.717) is 29.6 Å². The van der Waals surface area contributed by atoms with Crippen molar-refractivity contribution in [2.75, 3.05) is 6.54 Å². The number of halogens is 3. The zero-order valence-corrected chi connectivity index (χ0v) is 16.6. The number of nitrogens with zero attached hydrogens (tertiary/aromatic N) is 5. The normalized spacial score (nSPS) is 11.7. The van der Waals surface area contributed by atoms with Crippen LogP contribution in [0.25, 0.3) is 16.9 Å². The smallest absolute Gasteiger partial charge is 0.351 e. The summed E-state index contributed by atoms with van der Waals surface area (Å²) < 4.78 is 43.6. The van der Waals surface area contributed by atoms with Gasteiger partial charge in [0.25, 0.3) is 5.91 Å². The maximum atomic E-state index is 13.7. The summed E-state index contributed by atoms with van der Waals surface area (Å²) in [6.07, 6.45) is 1.11. The summed E-state index contributed by atoms with van der Waals surface area (Å²) in [4.78, 5) is 20.6. The van der Waals surface area contributed by atoms with E-state index in [1.165, 1.54) is 6.07 Å². The summed E-state index contributed by atoms with van der Waals surface area (Å²) in [6.45, 7) is 2.89. The van der Waals surface area contributed by atoms with Crippen molar-refractivity contribution in [2.24, 2.45) is 0 Å². The summed E-state index contributed by atoms with van der Waals surface area (Å²) in [5, 5.41) is 6.54. The Bertz CT molecular complexity index is 1200. The second kappa shape index (κ2) is 8.21. The van der Waals surface area contributed by atoms with E-state index >= 15 is 0 Å². The number of amides is 1. The van der Waals surface area contributed by atoms with Crippen LogP contribution in [0.5, 0.6) is 0 Å². The van der Waals surface area contributed by atoms with E-state index in [-0.39, 0.29) is 17.0 Å². The first-order chi connectivity index (χ1) is 14.8. The highest BCUT2D eigenvalue weighted by molar-refractivity contribution is 5.93. The number of carbonyl (C=O) groups excluding carboxylic acids is 1. The lowest BCUT2D eigenvalue weighted by molar-refractivity contribution is -0.142. The largest absolute Gasteiger partial charge is 0.433 e. The number of alkyl halides is 3. The summed E-state index contributed by atoms with van der Waals surface area (Å²) in [5.74, 6) is -0.554. The SMILES string of the molecule is Cc1ccc(-c2cc(C(F)(F)F)n3nc(C(=O)NCCCn4ccnc4)cc3n2)cc1. The third-order valence-electron chi connectivity index (χ3n) is 4.74. The van der Waals surface area contributed by atoms with Crippen LogP contribution in [0.1, 0.15) is 28.2 Å². The molecule has 3 heterocycles. The van der Waals surface area contributed by atoms with Gasteiger partial charge in [-0.15, -0.1) is 0 Å². The quantitative estimate of drug-likeness (QED) is 0.475. The molecule has 0 radical (unpaired) electrons. The molecular formula is C21H19F3N6O. The van der Waals surface area contributed by atoms with Crippen molar-refractivity contribution in [2.45, 2.75) is 26.1 Å². The van der Waals surface area contributed by atoms with Gasteiger partial charge in [0.05, 0.1) is 12.0 Å². The van der Waals surface area contributed by atoms with E-state index < -0.39 is 17.8 Å². The Labute approximate surface area is 175 Å². The maximum Gasteiger partial charge on any atom is 0.433 e. The Kier molecular flexibility index (Phi) is 5.45.